The van der Waals surface area contributed by atoms with Gasteiger partial charge in [0.15, 0.2) is 6.10 Å². The Labute approximate surface area is 457 Å². The molecule has 0 rings (SSSR count). The largest absolute Gasteiger partial charge is 0.462 e. The number of carbonyl (C=O) groups excluding carboxylic acids is 3. The van der Waals surface area contributed by atoms with Crippen molar-refractivity contribution in [1.29, 1.82) is 0 Å². The van der Waals surface area contributed by atoms with Crippen molar-refractivity contribution in [2.45, 2.75) is 290 Å². The van der Waals surface area contributed by atoms with Crippen LogP contribution in [0.15, 0.2) is 109 Å². The van der Waals surface area contributed by atoms with Crippen molar-refractivity contribution >= 4 is 17.9 Å². The minimum absolute atomic E-state index is 0.0861. The maximum atomic E-state index is 12.8. The minimum atomic E-state index is -0.787. The van der Waals surface area contributed by atoms with Gasteiger partial charge in [0.05, 0.1) is 0 Å². The molecule has 74 heavy (non-hydrogen) atoms. The number of rotatable bonds is 55. The van der Waals surface area contributed by atoms with Crippen molar-refractivity contribution in [2.75, 3.05) is 13.2 Å². The first-order valence-electron chi connectivity index (χ1n) is 30.9. The van der Waals surface area contributed by atoms with E-state index >= 15 is 0 Å². The Bertz CT molecular complexity index is 1510. The summed E-state index contributed by atoms with van der Waals surface area (Å²) < 4.78 is 16.8. The number of hydrogen-bond donors (Lipinski definition) is 0. The van der Waals surface area contributed by atoms with Crippen molar-refractivity contribution < 1.29 is 28.6 Å². The molecule has 1 unspecified atom stereocenters. The lowest BCUT2D eigenvalue weighted by atomic mass is 10.0. The zero-order valence-corrected chi connectivity index (χ0v) is 48.3. The van der Waals surface area contributed by atoms with Crippen LogP contribution < -0.4 is 0 Å². The molecule has 0 bridgehead atoms. The first-order valence-corrected chi connectivity index (χ1v) is 30.9. The quantitative estimate of drug-likeness (QED) is 0.0261. The van der Waals surface area contributed by atoms with Gasteiger partial charge in [0.2, 0.25) is 0 Å². The third kappa shape index (κ3) is 59.0. The van der Waals surface area contributed by atoms with Crippen LogP contribution in [0.3, 0.4) is 0 Å². The average molecular weight is 1030 g/mol. The molecular weight excluding hydrogens is 913 g/mol. The van der Waals surface area contributed by atoms with Crippen LogP contribution in [0.1, 0.15) is 284 Å². The molecule has 0 aromatic heterocycles. The molecule has 422 valence electrons. The molecule has 0 aliphatic carbocycles. The summed E-state index contributed by atoms with van der Waals surface area (Å²) in [5.41, 5.74) is 0. The van der Waals surface area contributed by atoms with E-state index in [1.54, 1.807) is 0 Å². The fourth-order valence-corrected chi connectivity index (χ4v) is 8.46. The van der Waals surface area contributed by atoms with Gasteiger partial charge in [-0.15, -0.1) is 0 Å². The van der Waals surface area contributed by atoms with E-state index in [1.165, 1.54) is 116 Å². The van der Waals surface area contributed by atoms with Gasteiger partial charge in [0.1, 0.15) is 13.2 Å². The summed E-state index contributed by atoms with van der Waals surface area (Å²) in [5, 5.41) is 0. The predicted molar refractivity (Wildman–Crippen MR) is 320 cm³/mol. The predicted octanol–water partition coefficient (Wildman–Crippen LogP) is 21.0. The van der Waals surface area contributed by atoms with E-state index in [1.807, 2.05) is 0 Å². The number of esters is 3. The number of hydrogen-bond acceptors (Lipinski definition) is 6. The Balaban J connectivity index is 4.03. The summed E-state index contributed by atoms with van der Waals surface area (Å²) in [6, 6.07) is 0. The average Bonchev–Trinajstić information content (AvgIpc) is 3.40. The smallest absolute Gasteiger partial charge is 0.306 e. The minimum Gasteiger partial charge on any atom is -0.462 e. The van der Waals surface area contributed by atoms with Gasteiger partial charge >= 0.3 is 17.9 Å². The Morgan fingerprint density at radius 3 is 0.824 bits per heavy atom. The summed E-state index contributed by atoms with van der Waals surface area (Å²) in [5.74, 6) is -0.915. The molecule has 0 saturated carbocycles. The molecule has 0 aromatic rings. The van der Waals surface area contributed by atoms with Gasteiger partial charge in [-0.25, -0.2) is 0 Å². The molecular formula is C68H114O6. The third-order valence-corrected chi connectivity index (χ3v) is 13.0. The monoisotopic (exact) mass is 1030 g/mol. The highest BCUT2D eigenvalue weighted by Crippen LogP contribution is 2.16. The molecule has 0 aromatic carbocycles. The van der Waals surface area contributed by atoms with E-state index in [0.29, 0.717) is 19.3 Å². The number of ether oxygens (including phenoxy) is 3. The van der Waals surface area contributed by atoms with Gasteiger partial charge in [-0.1, -0.05) is 271 Å². The van der Waals surface area contributed by atoms with Crippen LogP contribution in [0.5, 0.6) is 0 Å². The van der Waals surface area contributed by atoms with Gasteiger partial charge in [-0.05, 0) is 103 Å². The maximum absolute atomic E-state index is 12.8. The lowest BCUT2D eigenvalue weighted by Crippen LogP contribution is -2.30. The Morgan fingerprint density at radius 2 is 0.527 bits per heavy atom. The summed E-state index contributed by atoms with van der Waals surface area (Å²) in [7, 11) is 0. The highest BCUT2D eigenvalue weighted by atomic mass is 16.6. The molecule has 0 aliphatic heterocycles. The van der Waals surface area contributed by atoms with Gasteiger partial charge < -0.3 is 14.2 Å². The molecule has 0 spiro atoms. The molecule has 6 nitrogen and oxygen atoms in total. The Kier molecular flexibility index (Phi) is 58.3. The van der Waals surface area contributed by atoms with Crippen LogP contribution in [-0.2, 0) is 28.6 Å². The molecule has 6 heteroatoms. The highest BCUT2D eigenvalue weighted by molar-refractivity contribution is 5.71. The molecule has 0 amide bonds. The first-order chi connectivity index (χ1) is 36.5. The van der Waals surface area contributed by atoms with Gasteiger partial charge in [-0.3, -0.25) is 14.4 Å². The summed E-state index contributed by atoms with van der Waals surface area (Å²) in [6.07, 6.45) is 84.2. The summed E-state index contributed by atoms with van der Waals surface area (Å²) in [6.45, 7) is 6.34. The first kappa shape index (κ1) is 70.1. The fraction of sp³-hybridized carbons (Fsp3) is 0.691. The second kappa shape index (κ2) is 61.6. The molecule has 0 fully saturated rings. The lowest BCUT2D eigenvalue weighted by molar-refractivity contribution is -0.167. The van der Waals surface area contributed by atoms with E-state index in [9.17, 15) is 14.4 Å². The van der Waals surface area contributed by atoms with Crippen molar-refractivity contribution in [3.63, 3.8) is 0 Å². The second-order valence-corrected chi connectivity index (χ2v) is 20.2. The Hall–Kier alpha value is -3.93. The third-order valence-electron chi connectivity index (χ3n) is 13.0. The van der Waals surface area contributed by atoms with E-state index in [4.69, 9.17) is 14.2 Å². The zero-order valence-electron chi connectivity index (χ0n) is 48.3. The normalized spacial score (nSPS) is 12.9. The second-order valence-electron chi connectivity index (χ2n) is 20.2. The van der Waals surface area contributed by atoms with Gasteiger partial charge in [0, 0.05) is 19.3 Å². The van der Waals surface area contributed by atoms with E-state index in [2.05, 4.69) is 130 Å². The van der Waals surface area contributed by atoms with Crippen molar-refractivity contribution in [1.82, 2.24) is 0 Å². The molecule has 0 radical (unpaired) electrons. The van der Waals surface area contributed by atoms with Crippen LogP contribution in [-0.4, -0.2) is 37.2 Å². The molecule has 0 saturated heterocycles. The van der Waals surface area contributed by atoms with Crippen molar-refractivity contribution in [2.24, 2.45) is 0 Å². The van der Waals surface area contributed by atoms with E-state index in [0.717, 1.165) is 128 Å². The molecule has 1 atom stereocenters. The van der Waals surface area contributed by atoms with Crippen LogP contribution in [0, 0.1) is 0 Å². The van der Waals surface area contributed by atoms with Crippen LogP contribution in [0.4, 0.5) is 0 Å². The van der Waals surface area contributed by atoms with E-state index in [-0.39, 0.29) is 31.1 Å². The maximum Gasteiger partial charge on any atom is 0.306 e. The van der Waals surface area contributed by atoms with E-state index < -0.39 is 6.10 Å². The van der Waals surface area contributed by atoms with Crippen molar-refractivity contribution in [3.05, 3.63) is 109 Å². The summed E-state index contributed by atoms with van der Waals surface area (Å²) >= 11 is 0. The number of carbonyl (C=O) groups is 3. The SMILES string of the molecule is CC/C=C\C/C=C\C/C=C\C/C=C\C/C=C\CCCCCCCCCCCCCCCCCCCC(=O)OCC(COC(=O)CCCCCCCC)OC(=O)CCCCCC/C=C\C/C=C\C/C=C\C/C=C\CC. The lowest BCUT2D eigenvalue weighted by Gasteiger charge is -2.18. The van der Waals surface area contributed by atoms with Crippen molar-refractivity contribution in [3.8, 4) is 0 Å². The highest BCUT2D eigenvalue weighted by Gasteiger charge is 2.19. The van der Waals surface area contributed by atoms with Crippen LogP contribution >= 0.6 is 0 Å². The Morgan fingerprint density at radius 1 is 0.284 bits per heavy atom. The number of allylic oxidation sites excluding steroid dienone is 18. The molecule has 0 heterocycles. The van der Waals surface area contributed by atoms with Gasteiger partial charge in [0.25, 0.3) is 0 Å². The topological polar surface area (TPSA) is 78.9 Å². The molecule has 0 aliphatic rings. The standard InChI is InChI=1S/C68H114O6/c1-4-7-10-13-16-18-20-22-24-26-27-28-29-30-31-32-33-34-35-36-37-38-39-40-41-43-44-46-48-50-52-55-58-61-67(70)73-64-65(63-72-66(69)60-57-54-15-12-9-6-3)74-68(71)62-59-56-53-51-49-47-45-42-25-23-21-19-17-14-11-8-5-2/h7-8,10-11,16-19,22-25,27-28,30-31,45,47,65H,4-6,9,12-15,20-21,26,29,32-44,46,48-64H2,1-3H3/b10-7-,11-8-,18-16-,19-17-,24-22-,25-23-,28-27-,31-30-,47-45-. The zero-order chi connectivity index (χ0) is 53.6. The van der Waals surface area contributed by atoms with Gasteiger partial charge in [-0.2, -0.15) is 0 Å². The fourth-order valence-electron chi connectivity index (χ4n) is 8.46. The van der Waals surface area contributed by atoms with Crippen LogP contribution in [0.25, 0.3) is 0 Å². The van der Waals surface area contributed by atoms with Crippen LogP contribution in [0.2, 0.25) is 0 Å². The molecule has 0 N–H and O–H groups in total. The number of unbranched alkanes of at least 4 members (excludes halogenated alkanes) is 26. The summed E-state index contributed by atoms with van der Waals surface area (Å²) in [4.78, 5) is 37.9.